The Balaban J connectivity index is 2.13. The first-order chi connectivity index (χ1) is 13.7. The molecule has 1 heterocycles. The van der Waals surface area contributed by atoms with Crippen molar-refractivity contribution in [3.8, 4) is 22.4 Å². The molecule has 0 aliphatic rings. The van der Waals surface area contributed by atoms with Crippen molar-refractivity contribution in [3.63, 3.8) is 0 Å². The highest BCUT2D eigenvalue weighted by molar-refractivity contribution is 5.72. The zero-order valence-electron chi connectivity index (χ0n) is 20.2. The van der Waals surface area contributed by atoms with Crippen molar-refractivity contribution in [2.75, 3.05) is 0 Å². The number of benzene rings is 2. The molecule has 0 radical (unpaired) electrons. The molecule has 3 aromatic rings. The van der Waals surface area contributed by atoms with Crippen LogP contribution in [0.25, 0.3) is 22.4 Å². The molecule has 30 heavy (non-hydrogen) atoms. The Labute approximate surface area is 183 Å². The lowest BCUT2D eigenvalue weighted by Gasteiger charge is -2.26. The van der Waals surface area contributed by atoms with E-state index in [4.69, 9.17) is 4.98 Å². The molecule has 0 amide bonds. The fraction of sp³-hybridized carbons (Fsp3) is 0.414. The molecule has 2 aromatic carbocycles. The molecule has 0 saturated heterocycles. The summed E-state index contributed by atoms with van der Waals surface area (Å²) >= 11 is 0. The van der Waals surface area contributed by atoms with Gasteiger partial charge in [-0.15, -0.1) is 0 Å². The summed E-state index contributed by atoms with van der Waals surface area (Å²) in [5.41, 5.74) is 9.09. The third-order valence-electron chi connectivity index (χ3n) is 5.78. The van der Waals surface area contributed by atoms with Gasteiger partial charge in [0.05, 0.1) is 5.69 Å². The number of rotatable bonds is 2. The third kappa shape index (κ3) is 5.01. The maximum absolute atomic E-state index is 4.70. The number of aromatic nitrogens is 1. The van der Waals surface area contributed by atoms with Crippen molar-refractivity contribution in [1.29, 1.82) is 0 Å². The molecule has 0 atom stereocenters. The largest absolute Gasteiger partial charge is 0.256 e. The van der Waals surface area contributed by atoms with Gasteiger partial charge in [-0.25, -0.2) is 0 Å². The average Bonchev–Trinajstić information content (AvgIpc) is 2.66. The molecular formula is C29H37N. The normalized spacial score (nSPS) is 12.8. The molecule has 0 saturated carbocycles. The summed E-state index contributed by atoms with van der Waals surface area (Å²) in [6.07, 6.45) is 1.94. The highest BCUT2D eigenvalue weighted by atomic mass is 14.7. The molecule has 0 bridgehead atoms. The summed E-state index contributed by atoms with van der Waals surface area (Å²) in [6, 6.07) is 20.2. The van der Waals surface area contributed by atoms with Crippen molar-refractivity contribution < 1.29 is 0 Å². The Hall–Kier alpha value is -2.41. The van der Waals surface area contributed by atoms with Crippen molar-refractivity contribution in [3.05, 3.63) is 77.5 Å². The van der Waals surface area contributed by atoms with E-state index in [1.807, 2.05) is 6.20 Å². The number of pyridine rings is 1. The molecule has 0 unspecified atom stereocenters. The van der Waals surface area contributed by atoms with Crippen LogP contribution >= 0.6 is 0 Å². The topological polar surface area (TPSA) is 12.9 Å². The molecule has 0 spiro atoms. The van der Waals surface area contributed by atoms with Gasteiger partial charge >= 0.3 is 0 Å². The van der Waals surface area contributed by atoms with E-state index in [0.29, 0.717) is 0 Å². The SMILES string of the molecule is CC(C)(C)c1cccc(-c2cc(-c3cc(C(C)(C)C)cc(C(C)(C)C)c3)ccn2)c1. The molecule has 1 nitrogen and oxygen atoms in total. The van der Waals surface area contributed by atoms with Gasteiger partial charge in [0.2, 0.25) is 0 Å². The van der Waals surface area contributed by atoms with Gasteiger partial charge in [-0.1, -0.05) is 98.7 Å². The minimum Gasteiger partial charge on any atom is -0.256 e. The van der Waals surface area contributed by atoms with Gasteiger partial charge in [-0.3, -0.25) is 4.98 Å². The Bertz CT molecular complexity index is 1000. The molecule has 0 N–H and O–H groups in total. The Morgan fingerprint density at radius 3 is 1.57 bits per heavy atom. The lowest BCUT2D eigenvalue weighted by Crippen LogP contribution is -2.16. The first-order valence-corrected chi connectivity index (χ1v) is 11.0. The van der Waals surface area contributed by atoms with E-state index in [1.54, 1.807) is 0 Å². The smallest absolute Gasteiger partial charge is 0.0708 e. The van der Waals surface area contributed by atoms with Crippen LogP contribution in [0.3, 0.4) is 0 Å². The summed E-state index contributed by atoms with van der Waals surface area (Å²) in [4.78, 5) is 4.70. The van der Waals surface area contributed by atoms with Gasteiger partial charge in [0.15, 0.2) is 0 Å². The summed E-state index contributed by atoms with van der Waals surface area (Å²) < 4.78 is 0. The van der Waals surface area contributed by atoms with Crippen LogP contribution in [0.15, 0.2) is 60.8 Å². The average molecular weight is 400 g/mol. The number of nitrogens with zero attached hydrogens (tertiary/aromatic N) is 1. The van der Waals surface area contributed by atoms with Crippen LogP contribution in [0.4, 0.5) is 0 Å². The van der Waals surface area contributed by atoms with Crippen molar-refractivity contribution in [2.24, 2.45) is 0 Å². The standard InChI is InChI=1S/C29H37N/c1-27(2,3)23-12-10-11-21(15-23)26-18-20(13-14-30-26)22-16-24(28(4,5)6)19-25(17-22)29(7,8)9/h10-19H,1-9H3. The summed E-state index contributed by atoms with van der Waals surface area (Å²) in [6.45, 7) is 20.5. The first-order valence-electron chi connectivity index (χ1n) is 11.0. The van der Waals surface area contributed by atoms with E-state index in [2.05, 4.69) is 117 Å². The van der Waals surface area contributed by atoms with E-state index in [1.165, 1.54) is 33.4 Å². The fourth-order valence-corrected chi connectivity index (χ4v) is 3.57. The van der Waals surface area contributed by atoms with Crippen LogP contribution < -0.4 is 0 Å². The van der Waals surface area contributed by atoms with Gasteiger partial charge in [0, 0.05) is 11.8 Å². The molecular weight excluding hydrogens is 362 g/mol. The van der Waals surface area contributed by atoms with Crippen LogP contribution in [-0.2, 0) is 16.2 Å². The van der Waals surface area contributed by atoms with Gasteiger partial charge in [0.1, 0.15) is 0 Å². The lowest BCUT2D eigenvalue weighted by molar-refractivity contribution is 0.569. The van der Waals surface area contributed by atoms with E-state index >= 15 is 0 Å². The van der Waals surface area contributed by atoms with Gasteiger partial charge < -0.3 is 0 Å². The Morgan fingerprint density at radius 1 is 0.500 bits per heavy atom. The molecule has 158 valence electrons. The zero-order chi connectivity index (χ0) is 22.3. The second kappa shape index (κ2) is 7.69. The third-order valence-corrected chi connectivity index (χ3v) is 5.78. The number of hydrogen-bond acceptors (Lipinski definition) is 1. The lowest BCUT2D eigenvalue weighted by atomic mass is 9.79. The van der Waals surface area contributed by atoms with E-state index in [9.17, 15) is 0 Å². The summed E-state index contributed by atoms with van der Waals surface area (Å²) in [5.74, 6) is 0. The summed E-state index contributed by atoms with van der Waals surface area (Å²) in [7, 11) is 0. The molecule has 1 aromatic heterocycles. The maximum atomic E-state index is 4.70. The van der Waals surface area contributed by atoms with Crippen molar-refractivity contribution >= 4 is 0 Å². The minimum absolute atomic E-state index is 0.104. The molecule has 0 aliphatic heterocycles. The maximum Gasteiger partial charge on any atom is 0.0708 e. The molecule has 0 fully saturated rings. The second-order valence-electron chi connectivity index (χ2n) is 11.6. The Morgan fingerprint density at radius 2 is 1.03 bits per heavy atom. The van der Waals surface area contributed by atoms with Gasteiger partial charge in [-0.2, -0.15) is 0 Å². The van der Waals surface area contributed by atoms with Crippen molar-refractivity contribution in [1.82, 2.24) is 4.98 Å². The van der Waals surface area contributed by atoms with Crippen LogP contribution in [0.5, 0.6) is 0 Å². The van der Waals surface area contributed by atoms with Gasteiger partial charge in [0.25, 0.3) is 0 Å². The highest BCUT2D eigenvalue weighted by Gasteiger charge is 2.21. The first kappa shape index (κ1) is 22.3. The molecule has 1 heteroatoms. The quantitative estimate of drug-likeness (QED) is 0.422. The van der Waals surface area contributed by atoms with Crippen LogP contribution in [-0.4, -0.2) is 4.98 Å². The predicted molar refractivity (Wildman–Crippen MR) is 131 cm³/mol. The van der Waals surface area contributed by atoms with Crippen LogP contribution in [0.1, 0.15) is 79.0 Å². The fourth-order valence-electron chi connectivity index (χ4n) is 3.57. The highest BCUT2D eigenvalue weighted by Crippen LogP contribution is 2.35. The van der Waals surface area contributed by atoms with Crippen LogP contribution in [0.2, 0.25) is 0 Å². The van der Waals surface area contributed by atoms with Crippen LogP contribution in [0, 0.1) is 0 Å². The van der Waals surface area contributed by atoms with Crippen molar-refractivity contribution in [2.45, 2.75) is 78.6 Å². The predicted octanol–water partition coefficient (Wildman–Crippen LogP) is 8.31. The number of hydrogen-bond donors (Lipinski definition) is 0. The zero-order valence-corrected chi connectivity index (χ0v) is 20.2. The second-order valence-corrected chi connectivity index (χ2v) is 11.6. The minimum atomic E-state index is 0.104. The Kier molecular flexibility index (Phi) is 5.71. The van der Waals surface area contributed by atoms with Gasteiger partial charge in [-0.05, 0) is 62.3 Å². The monoisotopic (exact) mass is 399 g/mol. The molecule has 3 rings (SSSR count). The van der Waals surface area contributed by atoms with E-state index in [0.717, 1.165) is 5.69 Å². The summed E-state index contributed by atoms with van der Waals surface area (Å²) in [5, 5.41) is 0. The van der Waals surface area contributed by atoms with E-state index in [-0.39, 0.29) is 16.2 Å². The molecule has 0 aliphatic carbocycles. The van der Waals surface area contributed by atoms with E-state index < -0.39 is 0 Å².